The monoisotopic (exact) mass is 293 g/mol. The fourth-order valence-electron chi connectivity index (χ4n) is 1.81. The van der Waals surface area contributed by atoms with Gasteiger partial charge in [0, 0.05) is 19.2 Å². The van der Waals surface area contributed by atoms with Crippen LogP contribution in [-0.2, 0) is 11.3 Å². The summed E-state index contributed by atoms with van der Waals surface area (Å²) in [5.41, 5.74) is 1.73. The van der Waals surface area contributed by atoms with Gasteiger partial charge in [0.15, 0.2) is 0 Å². The second kappa shape index (κ2) is 6.43. The highest BCUT2D eigenvalue weighted by Gasteiger charge is 2.08. The fourth-order valence-corrected chi connectivity index (χ4v) is 1.97. The van der Waals surface area contributed by atoms with Crippen molar-refractivity contribution in [1.82, 2.24) is 9.78 Å². The van der Waals surface area contributed by atoms with Crippen molar-refractivity contribution < 1.29 is 9.53 Å². The van der Waals surface area contributed by atoms with Crippen molar-refractivity contribution in [2.75, 3.05) is 12.4 Å². The third kappa shape index (κ3) is 3.74. The number of methoxy groups -OCH3 is 1. The molecule has 0 unspecified atom stereocenters. The molecular weight excluding hydrogens is 278 g/mol. The van der Waals surface area contributed by atoms with E-state index in [2.05, 4.69) is 10.4 Å². The Kier molecular flexibility index (Phi) is 4.63. The minimum absolute atomic E-state index is 0.0967. The maximum Gasteiger partial charge on any atom is 0.226 e. The first-order valence-electron chi connectivity index (χ1n) is 6.21. The maximum absolute atomic E-state index is 11.9. The van der Waals surface area contributed by atoms with E-state index >= 15 is 0 Å². The van der Waals surface area contributed by atoms with Crippen molar-refractivity contribution in [3.8, 4) is 5.75 Å². The van der Waals surface area contributed by atoms with Crippen LogP contribution in [0.3, 0.4) is 0 Å². The summed E-state index contributed by atoms with van der Waals surface area (Å²) in [6.45, 7) is 2.44. The molecule has 0 aliphatic heterocycles. The summed E-state index contributed by atoms with van der Waals surface area (Å²) in [4.78, 5) is 11.9. The predicted molar refractivity (Wildman–Crippen MR) is 78.2 cm³/mol. The Labute approximate surface area is 122 Å². The first-order valence-corrected chi connectivity index (χ1v) is 6.59. The number of halogens is 1. The van der Waals surface area contributed by atoms with Gasteiger partial charge in [-0.3, -0.25) is 9.48 Å². The van der Waals surface area contributed by atoms with Crippen LogP contribution in [0.1, 0.15) is 12.0 Å². The topological polar surface area (TPSA) is 56.1 Å². The number of carbonyl (C=O) groups is 1. The number of amides is 1. The molecule has 1 aromatic heterocycles. The van der Waals surface area contributed by atoms with E-state index < -0.39 is 0 Å². The van der Waals surface area contributed by atoms with Crippen LogP contribution in [0, 0.1) is 6.92 Å². The fraction of sp³-hybridized carbons (Fsp3) is 0.286. The number of aromatic nitrogens is 2. The number of hydrogen-bond donors (Lipinski definition) is 1. The lowest BCUT2D eigenvalue weighted by molar-refractivity contribution is -0.116. The van der Waals surface area contributed by atoms with Crippen molar-refractivity contribution >= 4 is 23.2 Å². The molecule has 0 saturated heterocycles. The molecule has 2 aromatic rings. The number of aryl methyl sites for hydroxylation is 2. The third-order valence-corrected chi connectivity index (χ3v) is 2.99. The van der Waals surface area contributed by atoms with Crippen LogP contribution < -0.4 is 10.1 Å². The van der Waals surface area contributed by atoms with Gasteiger partial charge in [-0.25, -0.2) is 0 Å². The van der Waals surface area contributed by atoms with Crippen LogP contribution in [0.2, 0.25) is 5.02 Å². The molecule has 1 heterocycles. The molecule has 0 atom stereocenters. The van der Waals surface area contributed by atoms with Crippen LogP contribution >= 0.6 is 11.6 Å². The quantitative estimate of drug-likeness (QED) is 0.922. The van der Waals surface area contributed by atoms with E-state index in [0.29, 0.717) is 29.4 Å². The van der Waals surface area contributed by atoms with Crippen molar-refractivity contribution in [2.45, 2.75) is 19.9 Å². The Balaban J connectivity index is 1.96. The molecular formula is C14H16ClN3O2. The van der Waals surface area contributed by atoms with E-state index in [0.717, 1.165) is 5.56 Å². The van der Waals surface area contributed by atoms with Crippen LogP contribution in [0.4, 0.5) is 5.69 Å². The van der Waals surface area contributed by atoms with E-state index in [1.165, 1.54) is 0 Å². The van der Waals surface area contributed by atoms with Gasteiger partial charge < -0.3 is 10.1 Å². The van der Waals surface area contributed by atoms with Crippen molar-refractivity contribution in [3.05, 3.63) is 41.2 Å². The van der Waals surface area contributed by atoms with Crippen molar-refractivity contribution in [3.63, 3.8) is 0 Å². The number of nitrogens with zero attached hydrogens (tertiary/aromatic N) is 2. The van der Waals surface area contributed by atoms with Gasteiger partial charge >= 0.3 is 0 Å². The van der Waals surface area contributed by atoms with E-state index in [1.807, 2.05) is 25.1 Å². The minimum Gasteiger partial charge on any atom is -0.495 e. The van der Waals surface area contributed by atoms with Gasteiger partial charge in [-0.2, -0.15) is 5.10 Å². The number of hydrogen-bond acceptors (Lipinski definition) is 3. The molecule has 106 valence electrons. The second-order valence-electron chi connectivity index (χ2n) is 4.42. The second-order valence-corrected chi connectivity index (χ2v) is 4.86. The average molecular weight is 294 g/mol. The molecule has 0 aliphatic rings. The molecule has 0 bridgehead atoms. The standard InChI is InChI=1S/C14H16ClN3O2/c1-10-3-4-13(20-2)12(7-10)17-14(19)5-6-18-9-11(15)8-16-18/h3-4,7-9H,5-6H2,1-2H3,(H,17,19). The Morgan fingerprint density at radius 1 is 1.50 bits per heavy atom. The van der Waals surface area contributed by atoms with Crippen molar-refractivity contribution in [2.24, 2.45) is 0 Å². The summed E-state index contributed by atoms with van der Waals surface area (Å²) in [6.07, 6.45) is 3.54. The first kappa shape index (κ1) is 14.4. The van der Waals surface area contributed by atoms with Gasteiger partial charge in [0.25, 0.3) is 0 Å². The summed E-state index contributed by atoms with van der Waals surface area (Å²) < 4.78 is 6.85. The third-order valence-electron chi connectivity index (χ3n) is 2.80. The average Bonchev–Trinajstić information content (AvgIpc) is 2.83. The summed E-state index contributed by atoms with van der Waals surface area (Å²) in [5.74, 6) is 0.548. The number of carbonyl (C=O) groups excluding carboxylic acids is 1. The van der Waals surface area contributed by atoms with E-state index in [-0.39, 0.29) is 5.91 Å². The smallest absolute Gasteiger partial charge is 0.226 e. The van der Waals surface area contributed by atoms with Crippen LogP contribution in [-0.4, -0.2) is 22.8 Å². The maximum atomic E-state index is 11.9. The Morgan fingerprint density at radius 3 is 2.95 bits per heavy atom. The van der Waals surface area contributed by atoms with E-state index in [4.69, 9.17) is 16.3 Å². The van der Waals surface area contributed by atoms with Crippen LogP contribution in [0.15, 0.2) is 30.6 Å². The zero-order valence-corrected chi connectivity index (χ0v) is 12.1. The minimum atomic E-state index is -0.0967. The molecule has 0 fully saturated rings. The molecule has 0 aliphatic carbocycles. The molecule has 5 nitrogen and oxygen atoms in total. The molecule has 0 saturated carbocycles. The summed E-state index contributed by atoms with van der Waals surface area (Å²) in [7, 11) is 1.58. The molecule has 1 N–H and O–H groups in total. The molecule has 1 aromatic carbocycles. The normalized spacial score (nSPS) is 10.3. The van der Waals surface area contributed by atoms with E-state index in [9.17, 15) is 4.79 Å². The SMILES string of the molecule is COc1ccc(C)cc1NC(=O)CCn1cc(Cl)cn1. The number of ether oxygens (including phenoxy) is 1. The van der Waals surface area contributed by atoms with Gasteiger partial charge in [-0.05, 0) is 24.6 Å². The van der Waals surface area contributed by atoms with Crippen molar-refractivity contribution in [1.29, 1.82) is 0 Å². The lowest BCUT2D eigenvalue weighted by Crippen LogP contribution is -2.15. The van der Waals surface area contributed by atoms with Gasteiger partial charge in [0.05, 0.1) is 24.0 Å². The highest BCUT2D eigenvalue weighted by Crippen LogP contribution is 2.25. The predicted octanol–water partition coefficient (Wildman–Crippen LogP) is 2.88. The molecule has 20 heavy (non-hydrogen) atoms. The van der Waals surface area contributed by atoms with Gasteiger partial charge in [0.1, 0.15) is 5.75 Å². The summed E-state index contributed by atoms with van der Waals surface area (Å²) >= 11 is 5.76. The number of anilines is 1. The summed E-state index contributed by atoms with van der Waals surface area (Å²) in [6, 6.07) is 5.64. The Bertz CT molecular complexity index is 610. The Morgan fingerprint density at radius 2 is 2.30 bits per heavy atom. The zero-order chi connectivity index (χ0) is 14.5. The van der Waals surface area contributed by atoms with Gasteiger partial charge in [-0.15, -0.1) is 0 Å². The summed E-state index contributed by atoms with van der Waals surface area (Å²) in [5, 5.41) is 7.42. The molecule has 1 amide bonds. The zero-order valence-electron chi connectivity index (χ0n) is 11.4. The lowest BCUT2D eigenvalue weighted by Gasteiger charge is -2.11. The van der Waals surface area contributed by atoms with Gasteiger partial charge in [-0.1, -0.05) is 17.7 Å². The molecule has 2 rings (SSSR count). The number of benzene rings is 1. The Hall–Kier alpha value is -2.01. The highest BCUT2D eigenvalue weighted by molar-refractivity contribution is 6.30. The van der Waals surface area contributed by atoms with Crippen LogP contribution in [0.25, 0.3) is 0 Å². The first-order chi connectivity index (χ1) is 9.58. The highest BCUT2D eigenvalue weighted by atomic mass is 35.5. The number of rotatable bonds is 5. The lowest BCUT2D eigenvalue weighted by atomic mass is 10.2. The van der Waals surface area contributed by atoms with Gasteiger partial charge in [0.2, 0.25) is 5.91 Å². The molecule has 0 radical (unpaired) electrons. The number of nitrogens with one attached hydrogen (secondary N) is 1. The largest absolute Gasteiger partial charge is 0.495 e. The molecule has 0 spiro atoms. The van der Waals surface area contributed by atoms with E-state index in [1.54, 1.807) is 24.2 Å². The van der Waals surface area contributed by atoms with Crippen LogP contribution in [0.5, 0.6) is 5.75 Å². The molecule has 6 heteroatoms.